The first-order valence-electron chi connectivity index (χ1n) is 3.15. The lowest BCUT2D eigenvalue weighted by Gasteiger charge is -1.78. The highest BCUT2D eigenvalue weighted by atomic mass is 35.5. The van der Waals surface area contributed by atoms with Crippen molar-refractivity contribution in [1.82, 2.24) is 0 Å². The van der Waals surface area contributed by atoms with Gasteiger partial charge in [-0.15, -0.1) is 23.2 Å². The Labute approximate surface area is 67.5 Å². The highest BCUT2D eigenvalue weighted by molar-refractivity contribution is 6.18. The zero-order valence-electron chi connectivity index (χ0n) is 5.87. The van der Waals surface area contributed by atoms with Crippen molar-refractivity contribution in [1.29, 1.82) is 0 Å². The van der Waals surface area contributed by atoms with Crippen molar-refractivity contribution in [3.8, 4) is 0 Å². The summed E-state index contributed by atoms with van der Waals surface area (Å²) in [5.41, 5.74) is 5.05. The fourth-order valence-electron chi connectivity index (χ4n) is 0.0772. The zero-order chi connectivity index (χ0) is 7.54. The summed E-state index contributed by atoms with van der Waals surface area (Å²) in [6.45, 7) is 2.76. The summed E-state index contributed by atoms with van der Waals surface area (Å²) >= 11 is 10.4. The molecule has 0 saturated heterocycles. The van der Waals surface area contributed by atoms with E-state index in [0.717, 1.165) is 18.7 Å². The van der Waals surface area contributed by atoms with Gasteiger partial charge < -0.3 is 5.73 Å². The summed E-state index contributed by atoms with van der Waals surface area (Å²) in [6.07, 6.45) is 2.02. The van der Waals surface area contributed by atoms with Crippen LogP contribution in [0.3, 0.4) is 0 Å². The van der Waals surface area contributed by atoms with E-state index in [1.54, 1.807) is 0 Å². The summed E-state index contributed by atoms with van der Waals surface area (Å²) in [5.74, 6) is 1.48. The molecular weight excluding hydrogens is 157 g/mol. The molecule has 0 atom stereocenters. The van der Waals surface area contributed by atoms with Gasteiger partial charge in [-0.1, -0.05) is 6.92 Å². The fourth-order valence-corrected chi connectivity index (χ4v) is 0.231. The van der Waals surface area contributed by atoms with Crippen molar-refractivity contribution >= 4 is 23.2 Å². The van der Waals surface area contributed by atoms with Gasteiger partial charge in [-0.3, -0.25) is 0 Å². The zero-order valence-corrected chi connectivity index (χ0v) is 7.38. The minimum absolute atomic E-state index is 0.691. The second kappa shape index (κ2) is 15.8. The molecule has 0 aromatic carbocycles. The van der Waals surface area contributed by atoms with Crippen molar-refractivity contribution in [3.63, 3.8) is 0 Å². The monoisotopic (exact) mass is 171 g/mol. The molecule has 3 heteroatoms. The molecule has 1 nitrogen and oxygen atoms in total. The van der Waals surface area contributed by atoms with E-state index in [1.165, 1.54) is 0 Å². The van der Waals surface area contributed by atoms with Crippen molar-refractivity contribution in [3.05, 3.63) is 0 Å². The smallest absolute Gasteiger partial charge is 0.0235 e. The first-order valence-corrected chi connectivity index (χ1v) is 4.22. The Balaban J connectivity index is 0. The number of halogens is 2. The minimum atomic E-state index is 0.691. The van der Waals surface area contributed by atoms with E-state index in [0.29, 0.717) is 12.4 Å². The van der Waals surface area contributed by atoms with Gasteiger partial charge in [0, 0.05) is 11.8 Å². The van der Waals surface area contributed by atoms with Gasteiger partial charge in [-0.25, -0.2) is 0 Å². The Kier molecular flexibility index (Phi) is 21.5. The highest BCUT2D eigenvalue weighted by Gasteiger charge is 1.70. The van der Waals surface area contributed by atoms with Crippen LogP contribution < -0.4 is 5.73 Å². The van der Waals surface area contributed by atoms with E-state index in [1.807, 2.05) is 6.92 Å². The van der Waals surface area contributed by atoms with Crippen LogP contribution in [-0.2, 0) is 0 Å². The third-order valence-corrected chi connectivity index (χ3v) is 1.17. The average molecular weight is 172 g/mol. The third-order valence-electron chi connectivity index (χ3n) is 0.527. The van der Waals surface area contributed by atoms with Crippen LogP contribution in [0, 0.1) is 0 Å². The molecule has 0 heterocycles. The molecule has 0 radical (unpaired) electrons. The van der Waals surface area contributed by atoms with E-state index in [2.05, 4.69) is 0 Å². The van der Waals surface area contributed by atoms with Gasteiger partial charge in [0.2, 0.25) is 0 Å². The molecule has 0 aromatic rings. The number of hydrogen-bond acceptors (Lipinski definition) is 1. The third kappa shape index (κ3) is 29.1. The normalized spacial score (nSPS) is 8.00. The Morgan fingerprint density at radius 3 is 1.67 bits per heavy atom. The first kappa shape index (κ1) is 12.2. The van der Waals surface area contributed by atoms with Crippen LogP contribution in [0.25, 0.3) is 0 Å². The molecule has 2 N–H and O–H groups in total. The molecular formula is C6H15Cl2N. The molecule has 0 aliphatic heterocycles. The molecule has 0 unspecified atom stereocenters. The second-order valence-corrected chi connectivity index (χ2v) is 2.28. The first-order chi connectivity index (χ1) is 4.33. The lowest BCUT2D eigenvalue weighted by molar-refractivity contribution is 0.939. The van der Waals surface area contributed by atoms with Crippen LogP contribution in [0.5, 0.6) is 0 Å². The SMILES string of the molecule is CCCCl.NCCCCl. The lowest BCUT2D eigenvalue weighted by Crippen LogP contribution is -1.97. The Bertz CT molecular complexity index is 30.2. The lowest BCUT2D eigenvalue weighted by atomic mass is 10.5. The molecule has 0 aromatic heterocycles. The molecule has 0 fully saturated rings. The Morgan fingerprint density at radius 2 is 1.67 bits per heavy atom. The van der Waals surface area contributed by atoms with Crippen LogP contribution >= 0.6 is 23.2 Å². The van der Waals surface area contributed by atoms with Crippen LogP contribution in [0.1, 0.15) is 19.8 Å². The summed E-state index contributed by atoms with van der Waals surface area (Å²) < 4.78 is 0. The van der Waals surface area contributed by atoms with E-state index in [-0.39, 0.29) is 0 Å². The predicted octanol–water partition coefficient (Wildman–Crippen LogP) is 2.21. The van der Waals surface area contributed by atoms with Gasteiger partial charge in [0.05, 0.1) is 0 Å². The molecule has 0 amide bonds. The van der Waals surface area contributed by atoms with Crippen molar-refractivity contribution < 1.29 is 0 Å². The average Bonchev–Trinajstić information content (AvgIpc) is 1.91. The second-order valence-electron chi connectivity index (χ2n) is 1.52. The van der Waals surface area contributed by atoms with E-state index in [4.69, 9.17) is 28.9 Å². The van der Waals surface area contributed by atoms with Gasteiger partial charge in [-0.05, 0) is 19.4 Å². The highest BCUT2D eigenvalue weighted by Crippen LogP contribution is 1.76. The molecule has 0 aliphatic carbocycles. The summed E-state index contributed by atoms with van der Waals surface area (Å²) in [5, 5.41) is 0. The maximum atomic E-state index is 5.22. The van der Waals surface area contributed by atoms with Crippen LogP contribution in [0.4, 0.5) is 0 Å². The Morgan fingerprint density at radius 1 is 1.22 bits per heavy atom. The topological polar surface area (TPSA) is 26.0 Å². The number of hydrogen-bond donors (Lipinski definition) is 1. The van der Waals surface area contributed by atoms with E-state index >= 15 is 0 Å². The van der Waals surface area contributed by atoms with Crippen LogP contribution in [0.2, 0.25) is 0 Å². The van der Waals surface area contributed by atoms with Gasteiger partial charge in [0.1, 0.15) is 0 Å². The maximum absolute atomic E-state index is 5.22. The molecule has 0 spiro atoms. The summed E-state index contributed by atoms with van der Waals surface area (Å²) in [7, 11) is 0. The Hall–Kier alpha value is 0.540. The molecule has 0 saturated carbocycles. The van der Waals surface area contributed by atoms with Gasteiger partial charge in [-0.2, -0.15) is 0 Å². The number of rotatable bonds is 3. The van der Waals surface area contributed by atoms with E-state index < -0.39 is 0 Å². The maximum Gasteiger partial charge on any atom is 0.0235 e. The molecule has 0 bridgehead atoms. The molecule has 9 heavy (non-hydrogen) atoms. The van der Waals surface area contributed by atoms with Gasteiger partial charge >= 0.3 is 0 Å². The van der Waals surface area contributed by atoms with Gasteiger partial charge in [0.15, 0.2) is 0 Å². The predicted molar refractivity (Wildman–Crippen MR) is 45.4 cm³/mol. The molecule has 0 aliphatic rings. The summed E-state index contributed by atoms with van der Waals surface area (Å²) in [6, 6.07) is 0. The quantitative estimate of drug-likeness (QED) is 0.649. The fraction of sp³-hybridized carbons (Fsp3) is 1.00. The van der Waals surface area contributed by atoms with Crippen molar-refractivity contribution in [2.75, 3.05) is 18.3 Å². The van der Waals surface area contributed by atoms with Gasteiger partial charge in [0.25, 0.3) is 0 Å². The minimum Gasteiger partial charge on any atom is -0.330 e. The molecule has 0 rings (SSSR count). The van der Waals surface area contributed by atoms with Crippen molar-refractivity contribution in [2.24, 2.45) is 5.73 Å². The number of alkyl halides is 2. The number of nitrogens with two attached hydrogens (primary N) is 1. The largest absolute Gasteiger partial charge is 0.330 e. The van der Waals surface area contributed by atoms with Crippen molar-refractivity contribution in [2.45, 2.75) is 19.8 Å². The van der Waals surface area contributed by atoms with E-state index in [9.17, 15) is 0 Å². The van der Waals surface area contributed by atoms with Crippen LogP contribution in [0.15, 0.2) is 0 Å². The standard InChI is InChI=1S/C3H8ClN.C3H7Cl/c4-2-1-3-5;1-2-3-4/h1-3,5H2;2-3H2,1H3. The van der Waals surface area contributed by atoms with Crippen LogP contribution in [-0.4, -0.2) is 18.3 Å². The summed E-state index contributed by atoms with van der Waals surface area (Å²) in [4.78, 5) is 0. The molecule has 58 valence electrons.